The summed E-state index contributed by atoms with van der Waals surface area (Å²) in [6, 6.07) is 12.3. The van der Waals surface area contributed by atoms with E-state index in [4.69, 9.17) is 27.9 Å². The van der Waals surface area contributed by atoms with Crippen LogP contribution < -0.4 is 4.80 Å². The van der Waals surface area contributed by atoms with Gasteiger partial charge in [0.15, 0.2) is 4.80 Å². The maximum absolute atomic E-state index is 13.8. The number of thiazole rings is 1. The zero-order valence-corrected chi connectivity index (χ0v) is 16.7. The Morgan fingerprint density at radius 1 is 1.19 bits per heavy atom. The summed E-state index contributed by atoms with van der Waals surface area (Å²) in [6.45, 7) is 1.50. The van der Waals surface area contributed by atoms with Crippen LogP contribution in [0.3, 0.4) is 0 Å². The minimum atomic E-state index is -0.474. The van der Waals surface area contributed by atoms with Crippen molar-refractivity contribution < 1.29 is 9.13 Å². The molecule has 3 aromatic rings. The molecule has 0 spiro atoms. The molecule has 1 aliphatic rings. The number of rotatable bonds is 4. The predicted molar refractivity (Wildman–Crippen MR) is 108 cm³/mol. The molecule has 140 valence electrons. The second-order valence-corrected chi connectivity index (χ2v) is 8.05. The van der Waals surface area contributed by atoms with E-state index in [0.717, 1.165) is 35.5 Å². The summed E-state index contributed by atoms with van der Waals surface area (Å²) in [6.07, 6.45) is 2.25. The van der Waals surface area contributed by atoms with Gasteiger partial charge in [0, 0.05) is 23.1 Å². The largest absolute Gasteiger partial charge is 0.376 e. The molecular weight excluding hydrogens is 406 g/mol. The Morgan fingerprint density at radius 3 is 2.70 bits per heavy atom. The van der Waals surface area contributed by atoms with Gasteiger partial charge in [-0.15, -0.1) is 11.3 Å². The summed E-state index contributed by atoms with van der Waals surface area (Å²) in [4.78, 5) is 5.44. The fraction of sp³-hybridized carbons (Fsp3) is 0.250. The maximum atomic E-state index is 13.8. The van der Waals surface area contributed by atoms with Crippen LogP contribution in [0.2, 0.25) is 10.0 Å². The Balaban J connectivity index is 1.79. The average molecular weight is 423 g/mol. The van der Waals surface area contributed by atoms with E-state index in [1.54, 1.807) is 6.07 Å². The fourth-order valence-electron chi connectivity index (χ4n) is 3.10. The van der Waals surface area contributed by atoms with Crippen LogP contribution in [0.1, 0.15) is 12.8 Å². The van der Waals surface area contributed by atoms with Crippen LogP contribution in [0.5, 0.6) is 0 Å². The highest BCUT2D eigenvalue weighted by molar-refractivity contribution is 7.07. The summed E-state index contributed by atoms with van der Waals surface area (Å²) < 4.78 is 21.7. The molecule has 0 aliphatic carbocycles. The molecule has 0 amide bonds. The molecule has 4 rings (SSSR count). The molecule has 1 unspecified atom stereocenters. The van der Waals surface area contributed by atoms with E-state index < -0.39 is 5.82 Å². The Morgan fingerprint density at radius 2 is 2.00 bits per heavy atom. The minimum absolute atomic E-state index is 0.0919. The molecule has 2 aromatic carbocycles. The molecule has 7 heteroatoms. The van der Waals surface area contributed by atoms with E-state index in [1.807, 2.05) is 24.3 Å². The van der Waals surface area contributed by atoms with E-state index in [9.17, 15) is 4.39 Å². The molecular formula is C20H17Cl2FN2OS. The van der Waals surface area contributed by atoms with Crippen molar-refractivity contribution in [2.45, 2.75) is 25.5 Å². The molecule has 0 radical (unpaired) electrons. The Kier molecular flexibility index (Phi) is 5.64. The van der Waals surface area contributed by atoms with E-state index in [-0.39, 0.29) is 11.1 Å². The van der Waals surface area contributed by atoms with Gasteiger partial charge in [0.1, 0.15) is 5.82 Å². The number of hydrogen-bond acceptors (Lipinski definition) is 3. The quantitative estimate of drug-likeness (QED) is 0.500. The molecule has 1 saturated heterocycles. The highest BCUT2D eigenvalue weighted by atomic mass is 35.5. The number of aromatic nitrogens is 1. The number of nitrogens with zero attached hydrogens (tertiary/aromatic N) is 2. The number of hydrogen-bond donors (Lipinski definition) is 0. The van der Waals surface area contributed by atoms with Gasteiger partial charge in [-0.2, -0.15) is 0 Å². The monoisotopic (exact) mass is 422 g/mol. The third-order valence-corrected chi connectivity index (χ3v) is 5.90. The van der Waals surface area contributed by atoms with E-state index >= 15 is 0 Å². The van der Waals surface area contributed by atoms with Crippen molar-refractivity contribution in [3.8, 4) is 11.3 Å². The number of halogens is 3. The summed E-state index contributed by atoms with van der Waals surface area (Å²) in [5, 5.41) is 2.85. The van der Waals surface area contributed by atoms with Gasteiger partial charge < -0.3 is 9.30 Å². The molecule has 27 heavy (non-hydrogen) atoms. The second-order valence-electron chi connectivity index (χ2n) is 6.37. The first-order valence-electron chi connectivity index (χ1n) is 8.66. The molecule has 1 fully saturated rings. The van der Waals surface area contributed by atoms with Crippen LogP contribution in [0, 0.1) is 5.82 Å². The lowest BCUT2D eigenvalue weighted by Gasteiger charge is -2.14. The Labute approximate surface area is 170 Å². The van der Waals surface area contributed by atoms with Crippen LogP contribution in [0.4, 0.5) is 10.1 Å². The molecule has 0 N–H and O–H groups in total. The van der Waals surface area contributed by atoms with E-state index in [1.165, 1.54) is 23.5 Å². The smallest absolute Gasteiger partial charge is 0.190 e. The highest BCUT2D eigenvalue weighted by Crippen LogP contribution is 2.25. The average Bonchev–Trinajstić information content (AvgIpc) is 3.30. The lowest BCUT2D eigenvalue weighted by atomic mass is 10.1. The SMILES string of the molecule is Fc1cc(N=c2scc(-c3ccc(Cl)cc3)n2CC2CCCO2)ccc1Cl. The van der Waals surface area contributed by atoms with Crippen molar-refractivity contribution >= 4 is 40.2 Å². The second kappa shape index (κ2) is 8.15. The van der Waals surface area contributed by atoms with Crippen molar-refractivity contribution in [2.24, 2.45) is 4.99 Å². The van der Waals surface area contributed by atoms with Crippen molar-refractivity contribution in [3.63, 3.8) is 0 Å². The van der Waals surface area contributed by atoms with Gasteiger partial charge in [-0.25, -0.2) is 9.38 Å². The predicted octanol–water partition coefficient (Wildman–Crippen LogP) is 6.07. The first-order valence-corrected chi connectivity index (χ1v) is 10.3. The first-order chi connectivity index (χ1) is 13.1. The van der Waals surface area contributed by atoms with Gasteiger partial charge in [-0.3, -0.25) is 0 Å². The van der Waals surface area contributed by atoms with Crippen LogP contribution in [-0.2, 0) is 11.3 Å². The number of benzene rings is 2. The van der Waals surface area contributed by atoms with Crippen LogP contribution >= 0.6 is 34.5 Å². The van der Waals surface area contributed by atoms with Crippen molar-refractivity contribution in [2.75, 3.05) is 6.61 Å². The fourth-order valence-corrected chi connectivity index (χ4v) is 4.29. The molecule has 0 saturated carbocycles. The van der Waals surface area contributed by atoms with Gasteiger partial charge >= 0.3 is 0 Å². The van der Waals surface area contributed by atoms with Crippen LogP contribution in [-0.4, -0.2) is 17.3 Å². The zero-order valence-electron chi connectivity index (χ0n) is 14.4. The Bertz CT molecular complexity index is 1010. The van der Waals surface area contributed by atoms with Gasteiger partial charge in [0.05, 0.1) is 29.1 Å². The van der Waals surface area contributed by atoms with Crippen molar-refractivity contribution in [3.05, 3.63) is 68.5 Å². The van der Waals surface area contributed by atoms with Crippen LogP contribution in [0.25, 0.3) is 11.3 Å². The number of ether oxygens (including phenoxy) is 1. The lowest BCUT2D eigenvalue weighted by Crippen LogP contribution is -2.24. The van der Waals surface area contributed by atoms with Crippen molar-refractivity contribution in [1.82, 2.24) is 4.57 Å². The third kappa shape index (κ3) is 4.27. The molecule has 1 aromatic heterocycles. The normalized spacial score (nSPS) is 17.6. The molecule has 0 bridgehead atoms. The highest BCUT2D eigenvalue weighted by Gasteiger charge is 2.19. The summed E-state index contributed by atoms with van der Waals surface area (Å²) >= 11 is 13.3. The molecule has 3 nitrogen and oxygen atoms in total. The van der Waals surface area contributed by atoms with Crippen LogP contribution in [0.15, 0.2) is 52.8 Å². The zero-order chi connectivity index (χ0) is 18.8. The van der Waals surface area contributed by atoms with Gasteiger partial charge in [-0.1, -0.05) is 35.3 Å². The molecule has 2 heterocycles. The minimum Gasteiger partial charge on any atom is -0.376 e. The van der Waals surface area contributed by atoms with E-state index in [0.29, 0.717) is 17.3 Å². The topological polar surface area (TPSA) is 26.5 Å². The summed E-state index contributed by atoms with van der Waals surface area (Å²) in [5.41, 5.74) is 2.63. The first kappa shape index (κ1) is 18.7. The lowest BCUT2D eigenvalue weighted by molar-refractivity contribution is 0.0968. The van der Waals surface area contributed by atoms with Crippen molar-refractivity contribution in [1.29, 1.82) is 0 Å². The van der Waals surface area contributed by atoms with Gasteiger partial charge in [0.2, 0.25) is 0 Å². The van der Waals surface area contributed by atoms with Gasteiger partial charge in [-0.05, 0) is 42.7 Å². The summed E-state index contributed by atoms with van der Waals surface area (Å²) in [7, 11) is 0. The standard InChI is InChI=1S/C20H17Cl2FN2OS/c21-14-5-3-13(4-6-14)19-12-27-20(25(19)11-16-2-1-9-26-16)24-15-7-8-17(22)18(23)10-15/h3-8,10,12,16H,1-2,9,11H2. The maximum Gasteiger partial charge on any atom is 0.190 e. The summed E-state index contributed by atoms with van der Waals surface area (Å²) in [5.74, 6) is -0.474. The molecule has 1 atom stereocenters. The Hall–Kier alpha value is -1.66. The molecule has 1 aliphatic heterocycles. The third-order valence-electron chi connectivity index (χ3n) is 4.48. The van der Waals surface area contributed by atoms with Gasteiger partial charge in [0.25, 0.3) is 0 Å². The van der Waals surface area contributed by atoms with E-state index in [2.05, 4.69) is 14.9 Å².